The minimum Gasteiger partial charge on any atom is -0.342 e. The predicted molar refractivity (Wildman–Crippen MR) is 91.1 cm³/mol. The van der Waals surface area contributed by atoms with Crippen molar-refractivity contribution >= 4 is 18.2 Å². The fourth-order valence-corrected chi connectivity index (χ4v) is 2.99. The van der Waals surface area contributed by atoms with Gasteiger partial charge in [0.1, 0.15) is 0 Å². The Bertz CT molecular complexity index is 568. The molecule has 0 spiro atoms. The van der Waals surface area contributed by atoms with E-state index in [4.69, 9.17) is 0 Å². The zero-order chi connectivity index (χ0) is 17.5. The number of hydrogen-bond acceptors (Lipinski definition) is 3. The first-order valence-corrected chi connectivity index (χ1v) is 8.32. The first-order valence-electron chi connectivity index (χ1n) is 8.32. The van der Waals surface area contributed by atoms with Crippen LogP contribution in [0.3, 0.4) is 0 Å². The van der Waals surface area contributed by atoms with Gasteiger partial charge in [0.15, 0.2) is 0 Å². The molecule has 6 heteroatoms. The van der Waals surface area contributed by atoms with E-state index >= 15 is 0 Å². The van der Waals surface area contributed by atoms with E-state index in [0.29, 0.717) is 39.1 Å². The van der Waals surface area contributed by atoms with Crippen LogP contribution in [0.4, 0.5) is 0 Å². The van der Waals surface area contributed by atoms with E-state index in [9.17, 15) is 14.4 Å². The molecule has 0 radical (unpaired) electrons. The van der Waals surface area contributed by atoms with Crippen LogP contribution in [0.15, 0.2) is 30.3 Å². The van der Waals surface area contributed by atoms with E-state index in [1.807, 2.05) is 37.3 Å². The van der Waals surface area contributed by atoms with Crippen molar-refractivity contribution in [2.24, 2.45) is 0 Å². The first kappa shape index (κ1) is 18.0. The number of hydrogen-bond donors (Lipinski definition) is 0. The van der Waals surface area contributed by atoms with Gasteiger partial charge >= 0.3 is 0 Å². The number of benzene rings is 1. The SMILES string of the molecule is CC(=O)N(CCC(=O)N1CCN(C=O)CC1)C(C)c1ccccc1. The summed E-state index contributed by atoms with van der Waals surface area (Å²) in [6.45, 7) is 6.19. The molecule has 130 valence electrons. The van der Waals surface area contributed by atoms with Gasteiger partial charge < -0.3 is 14.7 Å². The average Bonchev–Trinajstić information content (AvgIpc) is 2.62. The summed E-state index contributed by atoms with van der Waals surface area (Å²) in [5, 5.41) is 0. The van der Waals surface area contributed by atoms with Crippen LogP contribution in [0.2, 0.25) is 0 Å². The fraction of sp³-hybridized carbons (Fsp3) is 0.500. The van der Waals surface area contributed by atoms with E-state index in [1.54, 1.807) is 14.7 Å². The Morgan fingerprint density at radius 1 is 1.17 bits per heavy atom. The maximum Gasteiger partial charge on any atom is 0.224 e. The lowest BCUT2D eigenvalue weighted by Gasteiger charge is -2.34. The Morgan fingerprint density at radius 3 is 2.33 bits per heavy atom. The number of nitrogens with zero attached hydrogens (tertiary/aromatic N) is 3. The molecule has 1 saturated heterocycles. The lowest BCUT2D eigenvalue weighted by atomic mass is 10.1. The monoisotopic (exact) mass is 331 g/mol. The van der Waals surface area contributed by atoms with Gasteiger partial charge in [-0.05, 0) is 12.5 Å². The molecule has 2 rings (SSSR count). The first-order chi connectivity index (χ1) is 11.5. The summed E-state index contributed by atoms with van der Waals surface area (Å²) < 4.78 is 0. The molecule has 1 aliphatic heterocycles. The number of carbonyl (C=O) groups excluding carboxylic acids is 3. The van der Waals surface area contributed by atoms with Gasteiger partial charge in [0.2, 0.25) is 18.2 Å². The molecular weight excluding hydrogens is 306 g/mol. The predicted octanol–water partition coefficient (Wildman–Crippen LogP) is 1.29. The lowest BCUT2D eigenvalue weighted by Crippen LogP contribution is -2.48. The standard InChI is InChI=1S/C18H25N3O3/c1-15(17-6-4-3-5-7-17)21(16(2)23)9-8-18(24)20-12-10-19(14-22)11-13-20/h3-7,14-15H,8-13H2,1-2H3. The molecule has 0 aliphatic carbocycles. The highest BCUT2D eigenvalue weighted by Gasteiger charge is 2.23. The third kappa shape index (κ3) is 4.57. The number of piperazine rings is 1. The van der Waals surface area contributed by atoms with Gasteiger partial charge in [-0.2, -0.15) is 0 Å². The molecule has 1 heterocycles. The van der Waals surface area contributed by atoms with Crippen LogP contribution in [-0.2, 0) is 14.4 Å². The Morgan fingerprint density at radius 2 is 1.79 bits per heavy atom. The molecular formula is C18H25N3O3. The summed E-state index contributed by atoms with van der Waals surface area (Å²) in [5.41, 5.74) is 1.06. The second-order valence-corrected chi connectivity index (χ2v) is 6.07. The van der Waals surface area contributed by atoms with Crippen molar-refractivity contribution in [2.75, 3.05) is 32.7 Å². The summed E-state index contributed by atoms with van der Waals surface area (Å²) in [5.74, 6) is -0.00279. The summed E-state index contributed by atoms with van der Waals surface area (Å²) in [7, 11) is 0. The zero-order valence-corrected chi connectivity index (χ0v) is 14.4. The molecule has 1 aromatic carbocycles. The molecule has 0 N–H and O–H groups in total. The van der Waals surface area contributed by atoms with Gasteiger partial charge in [-0.1, -0.05) is 30.3 Å². The highest BCUT2D eigenvalue weighted by atomic mass is 16.2. The molecule has 1 fully saturated rings. The van der Waals surface area contributed by atoms with Crippen LogP contribution in [-0.4, -0.2) is 65.6 Å². The third-order valence-electron chi connectivity index (χ3n) is 4.54. The average molecular weight is 331 g/mol. The fourth-order valence-electron chi connectivity index (χ4n) is 2.99. The van der Waals surface area contributed by atoms with Gasteiger partial charge in [0, 0.05) is 46.1 Å². The highest BCUT2D eigenvalue weighted by Crippen LogP contribution is 2.20. The largest absolute Gasteiger partial charge is 0.342 e. The molecule has 0 bridgehead atoms. The zero-order valence-electron chi connectivity index (χ0n) is 14.4. The summed E-state index contributed by atoms with van der Waals surface area (Å²) >= 11 is 0. The summed E-state index contributed by atoms with van der Waals surface area (Å²) in [6, 6.07) is 9.74. The second-order valence-electron chi connectivity index (χ2n) is 6.07. The van der Waals surface area contributed by atoms with Crippen molar-refractivity contribution in [1.82, 2.24) is 14.7 Å². The highest BCUT2D eigenvalue weighted by molar-refractivity contribution is 5.78. The van der Waals surface area contributed by atoms with E-state index in [2.05, 4.69) is 0 Å². The van der Waals surface area contributed by atoms with Crippen LogP contribution < -0.4 is 0 Å². The van der Waals surface area contributed by atoms with Crippen LogP contribution in [0.5, 0.6) is 0 Å². The Labute approximate surface area is 143 Å². The van der Waals surface area contributed by atoms with E-state index < -0.39 is 0 Å². The van der Waals surface area contributed by atoms with Crippen LogP contribution in [0, 0.1) is 0 Å². The topological polar surface area (TPSA) is 60.9 Å². The third-order valence-corrected chi connectivity index (χ3v) is 4.54. The molecule has 1 atom stereocenters. The summed E-state index contributed by atoms with van der Waals surface area (Å²) in [6.07, 6.45) is 1.12. The minimum atomic E-state index is -0.0663. The molecule has 1 aliphatic rings. The van der Waals surface area contributed by atoms with Crippen molar-refractivity contribution in [2.45, 2.75) is 26.3 Å². The molecule has 1 unspecified atom stereocenters. The van der Waals surface area contributed by atoms with Gasteiger partial charge in [-0.3, -0.25) is 14.4 Å². The van der Waals surface area contributed by atoms with Crippen molar-refractivity contribution < 1.29 is 14.4 Å². The molecule has 24 heavy (non-hydrogen) atoms. The Balaban J connectivity index is 1.91. The number of amides is 3. The van der Waals surface area contributed by atoms with Crippen LogP contribution in [0.25, 0.3) is 0 Å². The van der Waals surface area contributed by atoms with Crippen molar-refractivity contribution in [3.63, 3.8) is 0 Å². The molecule has 3 amide bonds. The van der Waals surface area contributed by atoms with Crippen molar-refractivity contribution in [3.05, 3.63) is 35.9 Å². The Kier molecular flexibility index (Phi) is 6.35. The van der Waals surface area contributed by atoms with Crippen LogP contribution >= 0.6 is 0 Å². The van der Waals surface area contributed by atoms with Gasteiger partial charge in [-0.25, -0.2) is 0 Å². The van der Waals surface area contributed by atoms with E-state index in [0.717, 1.165) is 12.0 Å². The molecule has 6 nitrogen and oxygen atoms in total. The number of rotatable bonds is 6. The normalized spacial score (nSPS) is 15.8. The quantitative estimate of drug-likeness (QED) is 0.738. The van der Waals surface area contributed by atoms with Gasteiger partial charge in [0.05, 0.1) is 6.04 Å². The smallest absolute Gasteiger partial charge is 0.224 e. The van der Waals surface area contributed by atoms with Gasteiger partial charge in [0.25, 0.3) is 0 Å². The second kappa shape index (κ2) is 8.47. The molecule has 0 aromatic heterocycles. The van der Waals surface area contributed by atoms with Crippen LogP contribution in [0.1, 0.15) is 31.9 Å². The minimum absolute atomic E-state index is 0.0343. The Hall–Kier alpha value is -2.37. The van der Waals surface area contributed by atoms with E-state index in [-0.39, 0.29) is 17.9 Å². The van der Waals surface area contributed by atoms with Crippen molar-refractivity contribution in [3.8, 4) is 0 Å². The number of carbonyl (C=O) groups is 3. The maximum absolute atomic E-state index is 12.4. The molecule has 0 saturated carbocycles. The van der Waals surface area contributed by atoms with Gasteiger partial charge in [-0.15, -0.1) is 0 Å². The molecule has 1 aromatic rings. The van der Waals surface area contributed by atoms with E-state index in [1.165, 1.54) is 6.92 Å². The van der Waals surface area contributed by atoms with Crippen molar-refractivity contribution in [1.29, 1.82) is 0 Å². The maximum atomic E-state index is 12.4. The lowest BCUT2D eigenvalue weighted by molar-refractivity contribution is -0.137. The summed E-state index contributed by atoms with van der Waals surface area (Å²) in [4.78, 5) is 40.2.